The predicted molar refractivity (Wildman–Crippen MR) is 119 cm³/mol. The minimum atomic E-state index is -2.22. The Hall–Kier alpha value is -1.59. The molecule has 0 aliphatic carbocycles. The number of H-pyrrole nitrogens is 1. The molecule has 31 heavy (non-hydrogen) atoms. The number of carbonyl (C=O) groups is 1. The molecule has 0 bridgehead atoms. The van der Waals surface area contributed by atoms with Crippen molar-refractivity contribution in [2.75, 3.05) is 5.32 Å². The summed E-state index contributed by atoms with van der Waals surface area (Å²) in [5, 5.41) is 14.0. The van der Waals surface area contributed by atoms with Gasteiger partial charge in [0.2, 0.25) is 5.91 Å². The van der Waals surface area contributed by atoms with Crippen LogP contribution in [0, 0.1) is 6.92 Å². The van der Waals surface area contributed by atoms with Crippen LogP contribution in [-0.2, 0) is 19.0 Å². The number of amides is 1. The average molecular weight is 454 g/mol. The highest BCUT2D eigenvalue weighted by Gasteiger charge is 2.61. The molecule has 0 spiro atoms. The number of fused-ring (bicyclic) bond motifs is 1. The number of carbonyl (C=O) groups excluding carboxylic acids is 1. The zero-order chi connectivity index (χ0) is 23.5. The highest BCUT2D eigenvalue weighted by atomic mass is 28.3. The van der Waals surface area contributed by atoms with E-state index >= 15 is 0 Å². The Morgan fingerprint density at radius 2 is 1.84 bits per heavy atom. The number of hydrogen-bond acceptors (Lipinski definition) is 7. The summed E-state index contributed by atoms with van der Waals surface area (Å²) < 4.78 is 18.7. The highest BCUT2D eigenvalue weighted by molar-refractivity contribution is 6.81. The van der Waals surface area contributed by atoms with Crippen LogP contribution >= 0.6 is 0 Å². The van der Waals surface area contributed by atoms with E-state index < -0.39 is 49.6 Å². The zero-order valence-corrected chi connectivity index (χ0v) is 20.8. The lowest BCUT2D eigenvalue weighted by Crippen LogP contribution is -2.57. The van der Waals surface area contributed by atoms with Gasteiger partial charge < -0.3 is 29.6 Å². The summed E-state index contributed by atoms with van der Waals surface area (Å²) in [6, 6.07) is 0. The van der Waals surface area contributed by atoms with Crippen LogP contribution in [0.5, 0.6) is 0 Å². The van der Waals surface area contributed by atoms with Crippen molar-refractivity contribution >= 4 is 19.8 Å². The molecule has 9 nitrogen and oxygen atoms in total. The molecule has 2 aliphatic rings. The summed E-state index contributed by atoms with van der Waals surface area (Å²) in [7, 11) is -2.22. The Morgan fingerprint density at radius 1 is 1.26 bits per heavy atom. The second-order valence-corrected chi connectivity index (χ2v) is 16.1. The lowest BCUT2D eigenvalue weighted by Gasteiger charge is -2.43. The lowest BCUT2D eigenvalue weighted by molar-refractivity contribution is -0.194. The summed E-state index contributed by atoms with van der Waals surface area (Å²) in [4.78, 5) is 31.0. The van der Waals surface area contributed by atoms with Crippen LogP contribution in [0.4, 0.5) is 5.82 Å². The largest absolute Gasteiger partial charge is 0.394 e. The van der Waals surface area contributed by atoms with E-state index in [4.69, 9.17) is 14.2 Å². The zero-order valence-electron chi connectivity index (χ0n) is 19.8. The van der Waals surface area contributed by atoms with Crippen molar-refractivity contribution in [2.24, 2.45) is 0 Å². The summed E-state index contributed by atoms with van der Waals surface area (Å²) in [6.07, 6.45) is -2.42. The van der Waals surface area contributed by atoms with Crippen molar-refractivity contribution in [3.8, 4) is 0 Å². The molecular formula is C21H35N3O6Si. The number of hydrogen-bond donors (Lipinski definition) is 3. The molecule has 0 aromatic carbocycles. The van der Waals surface area contributed by atoms with Gasteiger partial charge in [-0.15, -0.1) is 0 Å². The maximum absolute atomic E-state index is 12.1. The van der Waals surface area contributed by atoms with Gasteiger partial charge in [-0.2, -0.15) is 0 Å². The van der Waals surface area contributed by atoms with Crippen molar-refractivity contribution in [3.63, 3.8) is 0 Å². The van der Waals surface area contributed by atoms with Crippen LogP contribution in [0.15, 0.2) is 4.79 Å². The number of aliphatic hydroxyl groups excluding tert-OH is 1. The summed E-state index contributed by atoms with van der Waals surface area (Å²) in [5.41, 5.74) is -0.524. The maximum atomic E-state index is 12.1. The molecule has 1 unspecified atom stereocenters. The van der Waals surface area contributed by atoms with Crippen molar-refractivity contribution in [3.05, 3.63) is 21.7 Å². The van der Waals surface area contributed by atoms with E-state index in [2.05, 4.69) is 49.1 Å². The van der Waals surface area contributed by atoms with Gasteiger partial charge in [-0.05, 0) is 25.8 Å². The van der Waals surface area contributed by atoms with Crippen LogP contribution in [0.1, 0.15) is 59.0 Å². The van der Waals surface area contributed by atoms with Crippen LogP contribution in [0.3, 0.4) is 0 Å². The first-order chi connectivity index (χ1) is 14.0. The predicted octanol–water partition coefficient (Wildman–Crippen LogP) is 2.41. The molecule has 1 aromatic rings. The number of anilines is 1. The van der Waals surface area contributed by atoms with Crippen molar-refractivity contribution in [1.29, 1.82) is 0 Å². The van der Waals surface area contributed by atoms with Crippen molar-refractivity contribution in [1.82, 2.24) is 9.97 Å². The van der Waals surface area contributed by atoms with Crippen molar-refractivity contribution < 1.29 is 24.1 Å². The minimum Gasteiger partial charge on any atom is -0.394 e. The molecule has 0 radical (unpaired) electrons. The summed E-state index contributed by atoms with van der Waals surface area (Å²) in [5.74, 6) is -1.05. The number of aromatic amines is 1. The molecule has 174 valence electrons. The van der Waals surface area contributed by atoms with Gasteiger partial charge in [-0.25, -0.2) is 4.98 Å². The van der Waals surface area contributed by atoms with E-state index in [1.54, 1.807) is 6.92 Å². The van der Waals surface area contributed by atoms with Gasteiger partial charge in [-0.1, -0.05) is 33.9 Å². The lowest BCUT2D eigenvalue weighted by atomic mass is 10.1. The minimum absolute atomic E-state index is 0.0769. The van der Waals surface area contributed by atoms with E-state index in [0.29, 0.717) is 5.69 Å². The van der Waals surface area contributed by atoms with E-state index in [-0.39, 0.29) is 22.5 Å². The van der Waals surface area contributed by atoms with E-state index in [0.717, 1.165) is 0 Å². The molecule has 3 heterocycles. The summed E-state index contributed by atoms with van der Waals surface area (Å²) in [6.45, 7) is 17.2. The Morgan fingerprint density at radius 3 is 2.39 bits per heavy atom. The Balaban J connectivity index is 2.06. The standard InChI is InChI=1S/C21H35N3O6Si/c1-10-18(26)24-17(23-11(2)25)12(22-10)13-14-15(30-21(6,7)29-14)16(28-13)19(27)31(8,9)20(3,4)5/h13-16,19,27H,1-9H3,(H2,23,24,25,26)/t13-,14-,15-,16-,19?/m0/s1. The first-order valence-corrected chi connectivity index (χ1v) is 13.7. The topological polar surface area (TPSA) is 123 Å². The van der Waals surface area contributed by atoms with Gasteiger partial charge in [-0.3, -0.25) is 9.59 Å². The van der Waals surface area contributed by atoms with Gasteiger partial charge in [0.15, 0.2) is 5.79 Å². The Bertz CT molecular complexity index is 923. The molecule has 0 saturated carbocycles. The van der Waals surface area contributed by atoms with Gasteiger partial charge >= 0.3 is 0 Å². The normalized spacial score (nSPS) is 29.0. The number of nitrogens with one attached hydrogen (secondary N) is 2. The number of aryl methyl sites for hydroxylation is 1. The molecule has 3 rings (SSSR count). The van der Waals surface area contributed by atoms with Crippen LogP contribution in [-0.4, -0.2) is 58.9 Å². The third kappa shape index (κ3) is 4.36. The van der Waals surface area contributed by atoms with Crippen LogP contribution in [0.2, 0.25) is 18.1 Å². The molecule has 1 aromatic heterocycles. The summed E-state index contributed by atoms with van der Waals surface area (Å²) >= 11 is 0. The molecule has 10 heteroatoms. The molecule has 5 atom stereocenters. The third-order valence-electron chi connectivity index (χ3n) is 6.76. The molecule has 2 aliphatic heterocycles. The van der Waals surface area contributed by atoms with Gasteiger partial charge in [0.1, 0.15) is 41.6 Å². The first-order valence-electron chi connectivity index (χ1n) is 10.6. The number of aromatic nitrogens is 2. The third-order valence-corrected chi connectivity index (χ3v) is 12.4. The van der Waals surface area contributed by atoms with Crippen LogP contribution < -0.4 is 10.9 Å². The number of rotatable bonds is 4. The van der Waals surface area contributed by atoms with E-state index in [1.807, 2.05) is 13.8 Å². The van der Waals surface area contributed by atoms with Gasteiger partial charge in [0.05, 0.1) is 13.8 Å². The quantitative estimate of drug-likeness (QED) is 0.598. The van der Waals surface area contributed by atoms with Crippen LogP contribution in [0.25, 0.3) is 0 Å². The average Bonchev–Trinajstić information content (AvgIpc) is 3.09. The van der Waals surface area contributed by atoms with Crippen molar-refractivity contribution in [2.45, 2.75) is 103 Å². The van der Waals surface area contributed by atoms with Gasteiger partial charge in [0, 0.05) is 6.92 Å². The number of ether oxygens (including phenoxy) is 3. The fraction of sp³-hybridized carbons (Fsp3) is 0.762. The van der Waals surface area contributed by atoms with Gasteiger partial charge in [0.25, 0.3) is 5.56 Å². The maximum Gasteiger partial charge on any atom is 0.270 e. The fourth-order valence-electron chi connectivity index (χ4n) is 3.99. The smallest absolute Gasteiger partial charge is 0.270 e. The number of nitrogens with zero attached hydrogens (tertiary/aromatic N) is 1. The number of aliphatic hydroxyl groups is 1. The molecule has 3 N–H and O–H groups in total. The molecule has 1 amide bonds. The molecule has 2 fully saturated rings. The van der Waals surface area contributed by atoms with E-state index in [9.17, 15) is 14.7 Å². The molecule has 2 saturated heterocycles. The highest BCUT2D eigenvalue weighted by Crippen LogP contribution is 2.49. The Kier molecular flexibility index (Phi) is 6.03. The van der Waals surface area contributed by atoms with E-state index in [1.165, 1.54) is 6.92 Å². The fourth-order valence-corrected chi connectivity index (χ4v) is 5.97. The second-order valence-electron chi connectivity index (χ2n) is 10.6. The second kappa shape index (κ2) is 7.77. The Labute approximate surface area is 183 Å². The monoisotopic (exact) mass is 453 g/mol. The molecular weight excluding hydrogens is 418 g/mol. The SMILES string of the molecule is CC(=O)Nc1[nH]c(=O)c(C)nc1[C@@H]1O[C@H](C(O)[Si](C)(C)C(C)(C)C)[C@H]2OC(C)(C)O[C@H]21. The first kappa shape index (κ1) is 24.1.